The van der Waals surface area contributed by atoms with Crippen molar-refractivity contribution in [3.8, 4) is 17.1 Å². The zero-order valence-corrected chi connectivity index (χ0v) is 16.2. The first-order chi connectivity index (χ1) is 14.1. The summed E-state index contributed by atoms with van der Waals surface area (Å²) in [6.45, 7) is 4.40. The summed E-state index contributed by atoms with van der Waals surface area (Å²) < 4.78 is 6.93. The van der Waals surface area contributed by atoms with Gasteiger partial charge in [0.25, 0.3) is 0 Å². The molecule has 0 bridgehead atoms. The predicted octanol–water partition coefficient (Wildman–Crippen LogP) is 3.76. The second-order valence-corrected chi connectivity index (χ2v) is 6.85. The molecule has 2 heterocycles. The molecule has 29 heavy (non-hydrogen) atoms. The number of hydrogen-bond acceptors (Lipinski definition) is 5. The summed E-state index contributed by atoms with van der Waals surface area (Å²) in [6, 6.07) is 19.8. The number of carbonyl (C=O) groups is 1. The average Bonchev–Trinajstić information content (AvgIpc) is 3.40. The van der Waals surface area contributed by atoms with Crippen molar-refractivity contribution >= 4 is 5.91 Å². The third-order valence-corrected chi connectivity index (χ3v) is 4.72. The van der Waals surface area contributed by atoms with Gasteiger partial charge in [-0.2, -0.15) is 10.1 Å². The van der Waals surface area contributed by atoms with E-state index < -0.39 is 0 Å². The minimum atomic E-state index is -0.389. The van der Waals surface area contributed by atoms with Gasteiger partial charge in [0, 0.05) is 12.7 Å². The van der Waals surface area contributed by atoms with Crippen molar-refractivity contribution in [2.45, 2.75) is 19.8 Å². The van der Waals surface area contributed by atoms with E-state index in [2.05, 4.69) is 27.5 Å². The molecule has 7 heteroatoms. The normalized spacial score (nSPS) is 11.9. The maximum Gasteiger partial charge on any atom is 0.316 e. The number of amides is 1. The van der Waals surface area contributed by atoms with E-state index in [1.54, 1.807) is 4.68 Å². The SMILES string of the molecule is Cc1nn(-c2ccccc2)cc1-c1noc(C(=O)NC[C@H](C)c2ccccc2)n1. The van der Waals surface area contributed by atoms with Gasteiger partial charge in [0.05, 0.1) is 16.9 Å². The summed E-state index contributed by atoms with van der Waals surface area (Å²) in [4.78, 5) is 16.7. The molecule has 0 spiro atoms. The van der Waals surface area contributed by atoms with Gasteiger partial charge >= 0.3 is 11.8 Å². The second-order valence-electron chi connectivity index (χ2n) is 6.85. The third-order valence-electron chi connectivity index (χ3n) is 4.72. The average molecular weight is 387 g/mol. The number of benzene rings is 2. The molecular weight excluding hydrogens is 366 g/mol. The van der Waals surface area contributed by atoms with Crippen molar-refractivity contribution in [2.75, 3.05) is 6.54 Å². The van der Waals surface area contributed by atoms with E-state index in [0.717, 1.165) is 16.9 Å². The van der Waals surface area contributed by atoms with Gasteiger partial charge in [-0.05, 0) is 30.5 Å². The highest BCUT2D eigenvalue weighted by Gasteiger charge is 2.19. The van der Waals surface area contributed by atoms with E-state index in [4.69, 9.17) is 4.52 Å². The highest BCUT2D eigenvalue weighted by molar-refractivity contribution is 5.89. The second kappa shape index (κ2) is 8.10. The van der Waals surface area contributed by atoms with Crippen molar-refractivity contribution in [1.82, 2.24) is 25.2 Å². The third kappa shape index (κ3) is 4.08. The van der Waals surface area contributed by atoms with Crippen LogP contribution in [0.15, 0.2) is 71.4 Å². The highest BCUT2D eigenvalue weighted by atomic mass is 16.5. The molecule has 1 atom stereocenters. The molecule has 2 aromatic carbocycles. The lowest BCUT2D eigenvalue weighted by molar-refractivity contribution is 0.0908. The van der Waals surface area contributed by atoms with Crippen molar-refractivity contribution in [3.63, 3.8) is 0 Å². The van der Waals surface area contributed by atoms with E-state index >= 15 is 0 Å². The Morgan fingerprint density at radius 1 is 1.10 bits per heavy atom. The Labute approximate surface area is 168 Å². The van der Waals surface area contributed by atoms with Crippen LogP contribution in [0.2, 0.25) is 0 Å². The van der Waals surface area contributed by atoms with Crippen LogP contribution in [0.25, 0.3) is 17.1 Å². The van der Waals surface area contributed by atoms with Crippen LogP contribution in [0.1, 0.15) is 34.8 Å². The Morgan fingerprint density at radius 2 is 1.79 bits per heavy atom. The van der Waals surface area contributed by atoms with E-state index in [1.807, 2.05) is 73.8 Å². The van der Waals surface area contributed by atoms with Crippen LogP contribution >= 0.6 is 0 Å². The minimum absolute atomic E-state index is 0.0628. The van der Waals surface area contributed by atoms with Gasteiger partial charge < -0.3 is 9.84 Å². The molecule has 0 saturated carbocycles. The van der Waals surface area contributed by atoms with Crippen LogP contribution in [0.3, 0.4) is 0 Å². The standard InChI is InChI=1S/C22H21N5O2/c1-15(17-9-5-3-6-10-17)13-23-21(28)22-24-20(26-29-22)19-14-27(25-16(19)2)18-11-7-4-8-12-18/h3-12,14-15H,13H2,1-2H3,(H,23,28)/t15-/m0/s1. The first kappa shape index (κ1) is 18.6. The number of carbonyl (C=O) groups excluding carboxylic acids is 1. The molecule has 0 aliphatic heterocycles. The number of nitrogens with one attached hydrogen (secondary N) is 1. The van der Waals surface area contributed by atoms with Gasteiger partial charge in [-0.15, -0.1) is 0 Å². The van der Waals surface area contributed by atoms with E-state index in [9.17, 15) is 4.79 Å². The van der Waals surface area contributed by atoms with Crippen molar-refractivity contribution in [2.24, 2.45) is 0 Å². The minimum Gasteiger partial charge on any atom is -0.347 e. The summed E-state index contributed by atoms with van der Waals surface area (Å²) in [6.07, 6.45) is 1.83. The van der Waals surface area contributed by atoms with Crippen LogP contribution in [0.4, 0.5) is 0 Å². The smallest absolute Gasteiger partial charge is 0.316 e. The summed E-state index contributed by atoms with van der Waals surface area (Å²) in [5.74, 6) is 0.0617. The Hall–Kier alpha value is -3.74. The summed E-state index contributed by atoms with van der Waals surface area (Å²) >= 11 is 0. The topological polar surface area (TPSA) is 85.8 Å². The first-order valence-electron chi connectivity index (χ1n) is 9.40. The molecule has 146 valence electrons. The quantitative estimate of drug-likeness (QED) is 0.544. The van der Waals surface area contributed by atoms with Crippen LogP contribution in [-0.2, 0) is 0 Å². The summed E-state index contributed by atoms with van der Waals surface area (Å²) in [5.41, 5.74) is 3.55. The van der Waals surface area contributed by atoms with Crippen LogP contribution in [-0.4, -0.2) is 32.4 Å². The van der Waals surface area contributed by atoms with Crippen LogP contribution < -0.4 is 5.32 Å². The van der Waals surface area contributed by atoms with Gasteiger partial charge in [0.15, 0.2) is 0 Å². The Kier molecular flexibility index (Phi) is 5.20. The van der Waals surface area contributed by atoms with Gasteiger partial charge in [-0.1, -0.05) is 60.6 Å². The fraction of sp³-hybridized carbons (Fsp3) is 0.182. The van der Waals surface area contributed by atoms with E-state index in [1.165, 1.54) is 0 Å². The van der Waals surface area contributed by atoms with Crippen molar-refractivity contribution < 1.29 is 9.32 Å². The number of hydrogen-bond donors (Lipinski definition) is 1. The Morgan fingerprint density at radius 3 is 2.52 bits per heavy atom. The lowest BCUT2D eigenvalue weighted by Crippen LogP contribution is -2.27. The molecule has 2 aromatic heterocycles. The summed E-state index contributed by atoms with van der Waals surface area (Å²) in [7, 11) is 0. The molecule has 0 radical (unpaired) electrons. The first-order valence-corrected chi connectivity index (χ1v) is 9.40. The lowest BCUT2D eigenvalue weighted by Gasteiger charge is -2.11. The molecule has 1 N–H and O–H groups in total. The number of aryl methyl sites for hydroxylation is 1. The molecule has 7 nitrogen and oxygen atoms in total. The van der Waals surface area contributed by atoms with Gasteiger partial charge in [-0.25, -0.2) is 4.68 Å². The highest BCUT2D eigenvalue weighted by Crippen LogP contribution is 2.21. The predicted molar refractivity (Wildman–Crippen MR) is 109 cm³/mol. The van der Waals surface area contributed by atoms with Crippen LogP contribution in [0, 0.1) is 6.92 Å². The monoisotopic (exact) mass is 387 g/mol. The molecule has 1 amide bonds. The number of aromatic nitrogens is 4. The fourth-order valence-corrected chi connectivity index (χ4v) is 3.04. The van der Waals surface area contributed by atoms with Crippen molar-refractivity contribution in [3.05, 3.63) is 84.0 Å². The molecule has 4 aromatic rings. The van der Waals surface area contributed by atoms with Gasteiger partial charge in [-0.3, -0.25) is 4.79 Å². The van der Waals surface area contributed by atoms with Gasteiger partial charge in [0.1, 0.15) is 0 Å². The van der Waals surface area contributed by atoms with E-state index in [-0.39, 0.29) is 17.7 Å². The van der Waals surface area contributed by atoms with Crippen LogP contribution in [0.5, 0.6) is 0 Å². The maximum absolute atomic E-state index is 12.4. The largest absolute Gasteiger partial charge is 0.347 e. The molecule has 0 fully saturated rings. The Bertz CT molecular complexity index is 1100. The number of rotatable bonds is 6. The lowest BCUT2D eigenvalue weighted by atomic mass is 10.0. The number of para-hydroxylation sites is 1. The fourth-order valence-electron chi connectivity index (χ4n) is 3.04. The molecular formula is C22H21N5O2. The number of nitrogens with zero attached hydrogens (tertiary/aromatic N) is 4. The maximum atomic E-state index is 12.4. The zero-order chi connectivity index (χ0) is 20.2. The molecule has 0 saturated heterocycles. The molecule has 0 aliphatic rings. The molecule has 4 rings (SSSR count). The molecule has 0 unspecified atom stereocenters. The van der Waals surface area contributed by atoms with E-state index in [0.29, 0.717) is 17.9 Å². The van der Waals surface area contributed by atoms with Crippen molar-refractivity contribution in [1.29, 1.82) is 0 Å². The van der Waals surface area contributed by atoms with Gasteiger partial charge in [0.2, 0.25) is 5.82 Å². The zero-order valence-electron chi connectivity index (χ0n) is 16.2. The summed E-state index contributed by atoms with van der Waals surface area (Å²) in [5, 5.41) is 11.3. The molecule has 0 aliphatic carbocycles. The Balaban J connectivity index is 1.46.